The fourth-order valence-corrected chi connectivity index (χ4v) is 2.11. The van der Waals surface area contributed by atoms with Crippen molar-refractivity contribution in [2.45, 2.75) is 10.6 Å². The van der Waals surface area contributed by atoms with E-state index in [-0.39, 0.29) is 6.01 Å². The summed E-state index contributed by atoms with van der Waals surface area (Å²) in [5.74, 6) is 1.15. The Balaban J connectivity index is 2.02. The summed E-state index contributed by atoms with van der Waals surface area (Å²) in [6.07, 6.45) is 0. The van der Waals surface area contributed by atoms with Gasteiger partial charge in [-0.25, -0.2) is 0 Å². The summed E-state index contributed by atoms with van der Waals surface area (Å²) in [7, 11) is 0. The highest BCUT2D eigenvalue weighted by atomic mass is 35.5. The second-order valence-corrected chi connectivity index (χ2v) is 4.19. The molecule has 0 amide bonds. The van der Waals surface area contributed by atoms with Crippen molar-refractivity contribution in [3.63, 3.8) is 0 Å². The molecule has 0 spiro atoms. The Morgan fingerprint density at radius 2 is 2.20 bits per heavy atom. The molecule has 0 atom stereocenters. The first-order valence-corrected chi connectivity index (χ1v) is 5.57. The Morgan fingerprint density at radius 3 is 2.87 bits per heavy atom. The molecule has 0 bridgehead atoms. The minimum atomic E-state index is 0.0877. The number of anilines is 1. The van der Waals surface area contributed by atoms with E-state index < -0.39 is 0 Å². The predicted molar refractivity (Wildman–Crippen MR) is 59.7 cm³/mol. The maximum absolute atomic E-state index is 5.99. The minimum Gasteiger partial charge on any atom is -0.351 e. The van der Waals surface area contributed by atoms with Crippen LogP contribution < -0.4 is 5.73 Å². The highest BCUT2D eigenvalue weighted by Crippen LogP contribution is 2.28. The van der Waals surface area contributed by atoms with E-state index >= 15 is 0 Å². The van der Waals surface area contributed by atoms with Gasteiger partial charge in [0, 0.05) is 4.90 Å². The third kappa shape index (κ3) is 2.64. The molecule has 0 unspecified atom stereocenters. The summed E-state index contributed by atoms with van der Waals surface area (Å²) in [6, 6.07) is 7.69. The van der Waals surface area contributed by atoms with Crippen molar-refractivity contribution in [1.29, 1.82) is 0 Å². The van der Waals surface area contributed by atoms with Crippen molar-refractivity contribution in [2.75, 3.05) is 5.73 Å². The number of halogens is 1. The summed E-state index contributed by atoms with van der Waals surface area (Å²) in [6.45, 7) is 0. The summed E-state index contributed by atoms with van der Waals surface area (Å²) in [5, 5.41) is 4.41. The van der Waals surface area contributed by atoms with Gasteiger partial charge < -0.3 is 10.3 Å². The third-order valence-corrected chi connectivity index (χ3v) is 3.19. The van der Waals surface area contributed by atoms with Crippen molar-refractivity contribution in [2.24, 2.45) is 0 Å². The molecule has 15 heavy (non-hydrogen) atoms. The first kappa shape index (κ1) is 10.3. The van der Waals surface area contributed by atoms with Crippen LogP contribution in [0.3, 0.4) is 0 Å². The third-order valence-electron chi connectivity index (χ3n) is 1.68. The molecule has 78 valence electrons. The Morgan fingerprint density at radius 1 is 1.40 bits per heavy atom. The van der Waals surface area contributed by atoms with E-state index in [2.05, 4.69) is 14.7 Å². The lowest BCUT2D eigenvalue weighted by molar-refractivity contribution is 0.429. The van der Waals surface area contributed by atoms with Crippen LogP contribution in [-0.4, -0.2) is 10.1 Å². The zero-order chi connectivity index (χ0) is 10.7. The number of nitrogens with two attached hydrogens (primary N) is 1. The molecule has 0 saturated heterocycles. The van der Waals surface area contributed by atoms with E-state index in [1.54, 1.807) is 11.8 Å². The highest BCUT2D eigenvalue weighted by Gasteiger charge is 2.05. The van der Waals surface area contributed by atoms with Gasteiger partial charge in [-0.15, -0.1) is 11.8 Å². The predicted octanol–water partition coefficient (Wildman–Crippen LogP) is 2.60. The second-order valence-electron chi connectivity index (χ2n) is 2.77. The van der Waals surface area contributed by atoms with Gasteiger partial charge in [0.15, 0.2) is 5.82 Å². The summed E-state index contributed by atoms with van der Waals surface area (Å²) >= 11 is 7.53. The number of hydrogen-bond donors (Lipinski definition) is 1. The highest BCUT2D eigenvalue weighted by molar-refractivity contribution is 7.98. The van der Waals surface area contributed by atoms with Crippen LogP contribution in [-0.2, 0) is 5.75 Å². The molecule has 1 aromatic carbocycles. The quantitative estimate of drug-likeness (QED) is 0.837. The summed E-state index contributed by atoms with van der Waals surface area (Å²) in [5.41, 5.74) is 5.30. The van der Waals surface area contributed by atoms with Crippen LogP contribution in [0.4, 0.5) is 6.01 Å². The van der Waals surface area contributed by atoms with Crippen LogP contribution >= 0.6 is 23.4 Å². The molecule has 0 aliphatic carbocycles. The smallest absolute Gasteiger partial charge is 0.318 e. The first-order valence-electron chi connectivity index (χ1n) is 4.21. The SMILES string of the molecule is Nc1nc(CSc2ccccc2Cl)no1. The van der Waals surface area contributed by atoms with E-state index in [1.807, 2.05) is 24.3 Å². The molecule has 0 saturated carbocycles. The zero-order valence-corrected chi connectivity index (χ0v) is 9.26. The fraction of sp³-hybridized carbons (Fsp3) is 0.111. The van der Waals surface area contributed by atoms with Gasteiger partial charge in [0.2, 0.25) is 0 Å². The van der Waals surface area contributed by atoms with Gasteiger partial charge in [0.05, 0.1) is 10.8 Å². The Hall–Kier alpha value is -1.20. The molecule has 0 radical (unpaired) electrons. The van der Waals surface area contributed by atoms with Crippen LogP contribution in [0.25, 0.3) is 0 Å². The van der Waals surface area contributed by atoms with Gasteiger partial charge in [-0.1, -0.05) is 28.9 Å². The Kier molecular flexibility index (Phi) is 3.13. The van der Waals surface area contributed by atoms with Crippen molar-refractivity contribution in [3.8, 4) is 0 Å². The maximum Gasteiger partial charge on any atom is 0.318 e. The van der Waals surface area contributed by atoms with Gasteiger partial charge in [0.25, 0.3) is 0 Å². The number of nitrogens with zero attached hydrogens (tertiary/aromatic N) is 2. The number of aromatic nitrogens is 2. The largest absolute Gasteiger partial charge is 0.351 e. The average molecular weight is 242 g/mol. The molecule has 6 heteroatoms. The fourth-order valence-electron chi connectivity index (χ4n) is 1.03. The number of benzene rings is 1. The van der Waals surface area contributed by atoms with Gasteiger partial charge >= 0.3 is 6.01 Å². The minimum absolute atomic E-state index is 0.0877. The molecule has 2 N–H and O–H groups in total. The maximum atomic E-state index is 5.99. The average Bonchev–Trinajstić information content (AvgIpc) is 2.63. The number of rotatable bonds is 3. The summed E-state index contributed by atoms with van der Waals surface area (Å²) < 4.78 is 4.65. The number of thioether (sulfide) groups is 1. The molecule has 1 heterocycles. The zero-order valence-electron chi connectivity index (χ0n) is 7.68. The molecule has 0 aliphatic rings. The van der Waals surface area contributed by atoms with Crippen LogP contribution in [0.1, 0.15) is 5.82 Å². The van der Waals surface area contributed by atoms with Crippen LogP contribution in [0.2, 0.25) is 5.02 Å². The molecular weight excluding hydrogens is 234 g/mol. The number of hydrogen-bond acceptors (Lipinski definition) is 5. The monoisotopic (exact) mass is 241 g/mol. The summed E-state index contributed by atoms with van der Waals surface area (Å²) in [4.78, 5) is 4.88. The van der Waals surface area contributed by atoms with Crippen LogP contribution in [0.5, 0.6) is 0 Å². The molecule has 2 aromatic rings. The van der Waals surface area contributed by atoms with Crippen molar-refractivity contribution in [1.82, 2.24) is 10.1 Å². The van der Waals surface area contributed by atoms with E-state index in [4.69, 9.17) is 17.3 Å². The Labute approximate surface area is 95.8 Å². The first-order chi connectivity index (χ1) is 7.25. The standard InChI is InChI=1S/C9H8ClN3OS/c10-6-3-1-2-4-7(6)15-5-8-12-9(11)14-13-8/h1-4H,5H2,(H2,11,12,13). The molecular formula is C9H8ClN3OS. The van der Waals surface area contributed by atoms with E-state index in [0.29, 0.717) is 11.6 Å². The second kappa shape index (κ2) is 4.55. The lowest BCUT2D eigenvalue weighted by Crippen LogP contribution is -1.86. The van der Waals surface area contributed by atoms with E-state index in [0.717, 1.165) is 9.92 Å². The number of nitrogen functional groups attached to an aromatic ring is 1. The lowest BCUT2D eigenvalue weighted by Gasteiger charge is -2.00. The lowest BCUT2D eigenvalue weighted by atomic mass is 10.4. The molecule has 1 aromatic heterocycles. The molecule has 0 aliphatic heterocycles. The molecule has 2 rings (SSSR count). The van der Waals surface area contributed by atoms with Crippen molar-refractivity contribution >= 4 is 29.4 Å². The molecule has 4 nitrogen and oxygen atoms in total. The van der Waals surface area contributed by atoms with Crippen molar-refractivity contribution in [3.05, 3.63) is 35.1 Å². The van der Waals surface area contributed by atoms with Gasteiger partial charge in [-0.05, 0) is 12.1 Å². The van der Waals surface area contributed by atoms with Gasteiger partial charge in [-0.3, -0.25) is 0 Å². The topological polar surface area (TPSA) is 64.9 Å². The van der Waals surface area contributed by atoms with Gasteiger partial charge in [0.1, 0.15) is 0 Å². The van der Waals surface area contributed by atoms with Crippen molar-refractivity contribution < 1.29 is 4.52 Å². The van der Waals surface area contributed by atoms with Crippen LogP contribution in [0, 0.1) is 0 Å². The van der Waals surface area contributed by atoms with E-state index in [1.165, 1.54) is 0 Å². The van der Waals surface area contributed by atoms with Gasteiger partial charge in [-0.2, -0.15) is 4.98 Å². The molecule has 0 fully saturated rings. The van der Waals surface area contributed by atoms with Crippen LogP contribution in [0.15, 0.2) is 33.7 Å². The van der Waals surface area contributed by atoms with E-state index in [9.17, 15) is 0 Å². The normalized spacial score (nSPS) is 10.5. The Bertz CT molecular complexity index is 460.